The molecular weight excluding hydrogens is 238 g/mol. The SMILES string of the molecule is Nc1nc(C2CCCOC2)[nH]c(=O)c1CC(=O)O. The second-order valence-electron chi connectivity index (χ2n) is 4.30. The number of carboxylic acid groups (broad SMARTS) is 1. The van der Waals surface area contributed by atoms with Gasteiger partial charge in [0.2, 0.25) is 0 Å². The fourth-order valence-corrected chi connectivity index (χ4v) is 2.01. The minimum Gasteiger partial charge on any atom is -0.481 e. The lowest BCUT2D eigenvalue weighted by molar-refractivity contribution is -0.136. The molecule has 1 fully saturated rings. The van der Waals surface area contributed by atoms with Crippen molar-refractivity contribution in [3.05, 3.63) is 21.7 Å². The lowest BCUT2D eigenvalue weighted by atomic mass is 10.0. The monoisotopic (exact) mass is 253 g/mol. The van der Waals surface area contributed by atoms with Crippen LogP contribution in [0.1, 0.15) is 30.1 Å². The Balaban J connectivity index is 2.29. The van der Waals surface area contributed by atoms with Gasteiger partial charge in [-0.15, -0.1) is 0 Å². The summed E-state index contributed by atoms with van der Waals surface area (Å²) in [6.45, 7) is 1.22. The van der Waals surface area contributed by atoms with Gasteiger partial charge in [-0.2, -0.15) is 0 Å². The van der Waals surface area contributed by atoms with E-state index in [2.05, 4.69) is 9.97 Å². The molecule has 2 heterocycles. The summed E-state index contributed by atoms with van der Waals surface area (Å²) >= 11 is 0. The molecule has 4 N–H and O–H groups in total. The van der Waals surface area contributed by atoms with E-state index in [1.807, 2.05) is 0 Å². The maximum absolute atomic E-state index is 11.8. The predicted octanol–water partition coefficient (Wildman–Crippen LogP) is -0.127. The van der Waals surface area contributed by atoms with E-state index < -0.39 is 17.9 Å². The number of H-pyrrole nitrogens is 1. The lowest BCUT2D eigenvalue weighted by Crippen LogP contribution is -2.26. The number of carboxylic acids is 1. The maximum Gasteiger partial charge on any atom is 0.308 e. The van der Waals surface area contributed by atoms with Crippen molar-refractivity contribution in [2.24, 2.45) is 0 Å². The van der Waals surface area contributed by atoms with E-state index in [-0.39, 0.29) is 17.3 Å². The van der Waals surface area contributed by atoms with Crippen molar-refractivity contribution in [2.45, 2.75) is 25.2 Å². The van der Waals surface area contributed by atoms with Gasteiger partial charge in [-0.25, -0.2) is 4.98 Å². The molecular formula is C11H15N3O4. The molecule has 98 valence electrons. The maximum atomic E-state index is 11.8. The highest BCUT2D eigenvalue weighted by atomic mass is 16.5. The number of aromatic amines is 1. The Bertz CT molecular complexity index is 506. The number of ether oxygens (including phenoxy) is 1. The van der Waals surface area contributed by atoms with Gasteiger partial charge < -0.3 is 20.6 Å². The average Bonchev–Trinajstić information content (AvgIpc) is 2.34. The Kier molecular flexibility index (Phi) is 3.61. The second kappa shape index (κ2) is 5.18. The Labute approximate surface area is 103 Å². The number of anilines is 1. The number of hydrogen-bond donors (Lipinski definition) is 3. The van der Waals surface area contributed by atoms with E-state index in [4.69, 9.17) is 15.6 Å². The van der Waals surface area contributed by atoms with E-state index in [1.54, 1.807) is 0 Å². The average molecular weight is 253 g/mol. The lowest BCUT2D eigenvalue weighted by Gasteiger charge is -2.21. The van der Waals surface area contributed by atoms with Crippen LogP contribution in [-0.2, 0) is 16.0 Å². The molecule has 0 aliphatic carbocycles. The largest absolute Gasteiger partial charge is 0.481 e. The van der Waals surface area contributed by atoms with Crippen LogP contribution in [0.3, 0.4) is 0 Å². The quantitative estimate of drug-likeness (QED) is 0.690. The van der Waals surface area contributed by atoms with Crippen LogP contribution < -0.4 is 11.3 Å². The smallest absolute Gasteiger partial charge is 0.308 e. The standard InChI is InChI=1S/C11H15N3O4/c12-9-7(4-8(15)16)11(17)14-10(13-9)6-2-1-3-18-5-6/h6H,1-5H2,(H,15,16)(H3,12,13,14,17). The van der Waals surface area contributed by atoms with E-state index in [9.17, 15) is 9.59 Å². The highest BCUT2D eigenvalue weighted by Crippen LogP contribution is 2.22. The van der Waals surface area contributed by atoms with E-state index in [1.165, 1.54) is 0 Å². The van der Waals surface area contributed by atoms with E-state index in [0.29, 0.717) is 19.0 Å². The van der Waals surface area contributed by atoms with Crippen LogP contribution in [0.25, 0.3) is 0 Å². The summed E-state index contributed by atoms with van der Waals surface area (Å²) in [5.41, 5.74) is 5.16. The molecule has 1 unspecified atom stereocenters. The molecule has 7 heteroatoms. The Hall–Kier alpha value is -1.89. The van der Waals surface area contributed by atoms with Crippen molar-refractivity contribution in [1.82, 2.24) is 9.97 Å². The minimum atomic E-state index is -1.11. The van der Waals surface area contributed by atoms with Crippen LogP contribution in [0.4, 0.5) is 5.82 Å². The molecule has 7 nitrogen and oxygen atoms in total. The number of carbonyl (C=O) groups is 1. The molecule has 1 atom stereocenters. The van der Waals surface area contributed by atoms with Crippen molar-refractivity contribution >= 4 is 11.8 Å². The van der Waals surface area contributed by atoms with Crippen LogP contribution in [-0.4, -0.2) is 34.3 Å². The summed E-state index contributed by atoms with van der Waals surface area (Å²) in [7, 11) is 0. The second-order valence-corrected chi connectivity index (χ2v) is 4.30. The summed E-state index contributed by atoms with van der Waals surface area (Å²) < 4.78 is 5.31. The molecule has 0 saturated carbocycles. The van der Waals surface area contributed by atoms with Crippen LogP contribution in [0.5, 0.6) is 0 Å². The Morgan fingerprint density at radius 2 is 2.39 bits per heavy atom. The summed E-state index contributed by atoms with van der Waals surface area (Å²) in [5, 5.41) is 8.68. The van der Waals surface area contributed by atoms with Crippen molar-refractivity contribution in [3.8, 4) is 0 Å². The highest BCUT2D eigenvalue weighted by Gasteiger charge is 2.21. The van der Waals surface area contributed by atoms with Crippen LogP contribution in [0, 0.1) is 0 Å². The minimum absolute atomic E-state index is 0.00276. The third-order valence-corrected chi connectivity index (χ3v) is 2.94. The van der Waals surface area contributed by atoms with Crippen molar-refractivity contribution in [3.63, 3.8) is 0 Å². The number of nitrogens with one attached hydrogen (secondary N) is 1. The fourth-order valence-electron chi connectivity index (χ4n) is 2.01. The normalized spacial score (nSPS) is 19.7. The number of rotatable bonds is 3. The van der Waals surface area contributed by atoms with Gasteiger partial charge in [0.1, 0.15) is 11.6 Å². The molecule has 1 saturated heterocycles. The van der Waals surface area contributed by atoms with Gasteiger partial charge in [-0.3, -0.25) is 9.59 Å². The van der Waals surface area contributed by atoms with Crippen LogP contribution in [0.15, 0.2) is 4.79 Å². The van der Waals surface area contributed by atoms with Crippen LogP contribution in [0.2, 0.25) is 0 Å². The van der Waals surface area contributed by atoms with Gasteiger partial charge in [0.05, 0.1) is 18.6 Å². The predicted molar refractivity (Wildman–Crippen MR) is 63.4 cm³/mol. The number of nitrogens with two attached hydrogens (primary N) is 1. The zero-order valence-corrected chi connectivity index (χ0v) is 9.81. The zero-order chi connectivity index (χ0) is 13.1. The van der Waals surface area contributed by atoms with Gasteiger partial charge in [0.25, 0.3) is 5.56 Å². The van der Waals surface area contributed by atoms with Gasteiger partial charge >= 0.3 is 5.97 Å². The first-order valence-electron chi connectivity index (χ1n) is 5.76. The van der Waals surface area contributed by atoms with E-state index in [0.717, 1.165) is 12.8 Å². The van der Waals surface area contributed by atoms with Crippen LogP contribution >= 0.6 is 0 Å². The molecule has 1 aromatic heterocycles. The zero-order valence-electron chi connectivity index (χ0n) is 9.81. The molecule has 1 aliphatic heterocycles. The third-order valence-electron chi connectivity index (χ3n) is 2.94. The van der Waals surface area contributed by atoms with Gasteiger partial charge in [0.15, 0.2) is 0 Å². The number of nitrogens with zero attached hydrogens (tertiary/aromatic N) is 1. The molecule has 0 radical (unpaired) electrons. The molecule has 0 bridgehead atoms. The van der Waals surface area contributed by atoms with Crippen molar-refractivity contribution in [1.29, 1.82) is 0 Å². The first-order chi connectivity index (χ1) is 8.58. The third kappa shape index (κ3) is 2.67. The first-order valence-corrected chi connectivity index (χ1v) is 5.76. The molecule has 1 aromatic rings. The van der Waals surface area contributed by atoms with Gasteiger partial charge in [-0.05, 0) is 12.8 Å². The molecule has 2 rings (SSSR count). The Morgan fingerprint density at radius 1 is 1.61 bits per heavy atom. The molecule has 18 heavy (non-hydrogen) atoms. The first kappa shape index (κ1) is 12.6. The summed E-state index contributed by atoms with van der Waals surface area (Å²) in [6.07, 6.45) is 1.36. The molecule has 1 aliphatic rings. The fraction of sp³-hybridized carbons (Fsp3) is 0.545. The summed E-state index contributed by atoms with van der Waals surface area (Å²) in [4.78, 5) is 29.1. The van der Waals surface area contributed by atoms with E-state index >= 15 is 0 Å². The number of aromatic nitrogens is 2. The molecule has 0 aromatic carbocycles. The number of nitrogen functional groups attached to an aromatic ring is 1. The summed E-state index contributed by atoms with van der Waals surface area (Å²) in [5.74, 6) is -0.622. The summed E-state index contributed by atoms with van der Waals surface area (Å²) in [6, 6.07) is 0. The van der Waals surface area contributed by atoms with Gasteiger partial charge in [-0.1, -0.05) is 0 Å². The highest BCUT2D eigenvalue weighted by molar-refractivity contribution is 5.71. The Morgan fingerprint density at radius 3 is 2.94 bits per heavy atom. The number of aliphatic carboxylic acids is 1. The number of hydrogen-bond acceptors (Lipinski definition) is 5. The van der Waals surface area contributed by atoms with Crippen molar-refractivity contribution < 1.29 is 14.6 Å². The van der Waals surface area contributed by atoms with Gasteiger partial charge in [0, 0.05) is 12.5 Å². The van der Waals surface area contributed by atoms with Crippen molar-refractivity contribution in [2.75, 3.05) is 18.9 Å². The topological polar surface area (TPSA) is 118 Å². The molecule has 0 amide bonds. The molecule has 0 spiro atoms.